The first kappa shape index (κ1) is 14.6. The highest BCUT2D eigenvalue weighted by atomic mass is 16.3. The predicted octanol–water partition coefficient (Wildman–Crippen LogP) is 2.23. The fourth-order valence-electron chi connectivity index (χ4n) is 2.25. The maximum atomic E-state index is 11.8. The molecule has 2 atom stereocenters. The molecule has 1 amide bonds. The first-order chi connectivity index (χ1) is 9.63. The van der Waals surface area contributed by atoms with Gasteiger partial charge in [-0.1, -0.05) is 38.5 Å². The molecule has 20 heavy (non-hydrogen) atoms. The molecule has 0 aliphatic carbocycles. The Morgan fingerprint density at radius 2 is 2.15 bits per heavy atom. The third-order valence-corrected chi connectivity index (χ3v) is 3.82. The number of fused-ring (bicyclic) bond motifs is 1. The Kier molecular flexibility index (Phi) is 4.79. The van der Waals surface area contributed by atoms with Crippen molar-refractivity contribution in [3.8, 4) is 0 Å². The Morgan fingerprint density at radius 3 is 2.90 bits per heavy atom. The second-order valence-electron chi connectivity index (χ2n) is 5.23. The van der Waals surface area contributed by atoms with Crippen LogP contribution in [0.4, 0.5) is 0 Å². The lowest BCUT2D eigenvalue weighted by molar-refractivity contribution is -0.131. The van der Waals surface area contributed by atoms with Gasteiger partial charge in [-0.2, -0.15) is 0 Å². The van der Waals surface area contributed by atoms with Gasteiger partial charge in [-0.05, 0) is 24.0 Å². The SMILES string of the molecule is CC[C@H](C)[C@@H](O)C(=O)NCCc1c[nH]c2ccccc12. The number of carbonyl (C=O) groups excluding carboxylic acids is 1. The molecule has 4 nitrogen and oxygen atoms in total. The fourth-order valence-corrected chi connectivity index (χ4v) is 2.25. The first-order valence-corrected chi connectivity index (χ1v) is 7.14. The van der Waals surface area contributed by atoms with Crippen LogP contribution in [-0.2, 0) is 11.2 Å². The number of aromatic nitrogens is 1. The van der Waals surface area contributed by atoms with Crippen molar-refractivity contribution in [1.29, 1.82) is 0 Å². The van der Waals surface area contributed by atoms with Gasteiger partial charge in [0.25, 0.3) is 0 Å². The Balaban J connectivity index is 1.88. The van der Waals surface area contributed by atoms with Gasteiger partial charge < -0.3 is 15.4 Å². The molecule has 0 fully saturated rings. The number of nitrogens with one attached hydrogen (secondary N) is 2. The molecule has 0 spiro atoms. The second kappa shape index (κ2) is 6.57. The molecule has 1 aromatic carbocycles. The topological polar surface area (TPSA) is 65.1 Å². The van der Waals surface area contributed by atoms with Gasteiger partial charge in [0.15, 0.2) is 0 Å². The lowest BCUT2D eigenvalue weighted by atomic mass is 10.0. The summed E-state index contributed by atoms with van der Waals surface area (Å²) in [5.41, 5.74) is 2.28. The van der Waals surface area contributed by atoms with Crippen LogP contribution in [0.25, 0.3) is 10.9 Å². The first-order valence-electron chi connectivity index (χ1n) is 7.14. The van der Waals surface area contributed by atoms with Crippen LogP contribution >= 0.6 is 0 Å². The normalized spacial score (nSPS) is 14.2. The van der Waals surface area contributed by atoms with E-state index in [2.05, 4.69) is 16.4 Å². The van der Waals surface area contributed by atoms with Gasteiger partial charge >= 0.3 is 0 Å². The summed E-state index contributed by atoms with van der Waals surface area (Å²) in [6.07, 6.45) is 2.60. The maximum Gasteiger partial charge on any atom is 0.249 e. The molecule has 0 aliphatic heterocycles. The van der Waals surface area contributed by atoms with E-state index < -0.39 is 6.10 Å². The van der Waals surface area contributed by atoms with Crippen LogP contribution in [0.5, 0.6) is 0 Å². The highest BCUT2D eigenvalue weighted by Crippen LogP contribution is 2.17. The zero-order chi connectivity index (χ0) is 14.5. The fraction of sp³-hybridized carbons (Fsp3) is 0.438. The minimum atomic E-state index is -0.914. The number of rotatable bonds is 6. The van der Waals surface area contributed by atoms with Crippen molar-refractivity contribution < 1.29 is 9.90 Å². The molecule has 4 heteroatoms. The van der Waals surface area contributed by atoms with Gasteiger partial charge in [-0.3, -0.25) is 4.79 Å². The number of aliphatic hydroxyl groups is 1. The lowest BCUT2D eigenvalue weighted by Crippen LogP contribution is -2.39. The minimum Gasteiger partial charge on any atom is -0.383 e. The van der Waals surface area contributed by atoms with Crippen LogP contribution in [0.15, 0.2) is 30.5 Å². The van der Waals surface area contributed by atoms with Crippen molar-refractivity contribution in [3.05, 3.63) is 36.0 Å². The third-order valence-electron chi connectivity index (χ3n) is 3.82. The number of H-pyrrole nitrogens is 1. The standard InChI is InChI=1S/C16H22N2O2/c1-3-11(2)15(19)16(20)17-9-8-12-10-18-14-7-5-4-6-13(12)14/h4-7,10-11,15,18-19H,3,8-9H2,1-2H3,(H,17,20)/t11-,15+/m0/s1. The largest absolute Gasteiger partial charge is 0.383 e. The van der Waals surface area contributed by atoms with Crippen molar-refractivity contribution >= 4 is 16.8 Å². The van der Waals surface area contributed by atoms with Crippen molar-refractivity contribution in [2.24, 2.45) is 5.92 Å². The Hall–Kier alpha value is -1.81. The van der Waals surface area contributed by atoms with Crippen molar-refractivity contribution in [1.82, 2.24) is 10.3 Å². The Bertz CT molecular complexity index is 577. The summed E-state index contributed by atoms with van der Waals surface area (Å²) in [6.45, 7) is 4.38. The zero-order valence-electron chi connectivity index (χ0n) is 12.0. The number of hydrogen-bond donors (Lipinski definition) is 3. The van der Waals surface area contributed by atoms with Gasteiger partial charge in [0.2, 0.25) is 5.91 Å². The van der Waals surface area contributed by atoms with E-state index in [-0.39, 0.29) is 11.8 Å². The number of para-hydroxylation sites is 1. The molecule has 2 rings (SSSR count). The Morgan fingerprint density at radius 1 is 1.40 bits per heavy atom. The van der Waals surface area contributed by atoms with Crippen molar-refractivity contribution in [2.75, 3.05) is 6.54 Å². The van der Waals surface area contributed by atoms with E-state index in [0.717, 1.165) is 18.4 Å². The zero-order valence-corrected chi connectivity index (χ0v) is 12.0. The minimum absolute atomic E-state index is 0.0110. The molecule has 0 aliphatic rings. The summed E-state index contributed by atoms with van der Waals surface area (Å²) in [4.78, 5) is 15.0. The molecule has 0 radical (unpaired) electrons. The summed E-state index contributed by atoms with van der Waals surface area (Å²) >= 11 is 0. The van der Waals surface area contributed by atoms with E-state index in [4.69, 9.17) is 0 Å². The van der Waals surface area contributed by atoms with Crippen LogP contribution in [0.1, 0.15) is 25.8 Å². The van der Waals surface area contributed by atoms with Gasteiger partial charge in [0, 0.05) is 23.6 Å². The van der Waals surface area contributed by atoms with E-state index in [1.807, 2.05) is 38.2 Å². The summed E-state index contributed by atoms with van der Waals surface area (Å²) < 4.78 is 0. The molecule has 108 valence electrons. The van der Waals surface area contributed by atoms with Gasteiger partial charge in [0.05, 0.1) is 0 Å². The molecular weight excluding hydrogens is 252 g/mol. The van der Waals surface area contributed by atoms with E-state index in [1.165, 1.54) is 10.9 Å². The number of aliphatic hydroxyl groups excluding tert-OH is 1. The molecule has 0 saturated carbocycles. The molecule has 0 bridgehead atoms. The molecule has 3 N–H and O–H groups in total. The van der Waals surface area contributed by atoms with E-state index in [1.54, 1.807) is 0 Å². The maximum absolute atomic E-state index is 11.8. The van der Waals surface area contributed by atoms with Crippen LogP contribution in [0.3, 0.4) is 0 Å². The number of benzene rings is 1. The van der Waals surface area contributed by atoms with Crippen LogP contribution < -0.4 is 5.32 Å². The van der Waals surface area contributed by atoms with Crippen molar-refractivity contribution in [3.63, 3.8) is 0 Å². The van der Waals surface area contributed by atoms with Gasteiger partial charge in [-0.15, -0.1) is 0 Å². The van der Waals surface area contributed by atoms with E-state index >= 15 is 0 Å². The highest BCUT2D eigenvalue weighted by molar-refractivity contribution is 5.83. The molecule has 0 unspecified atom stereocenters. The average Bonchev–Trinajstić information content (AvgIpc) is 2.89. The summed E-state index contributed by atoms with van der Waals surface area (Å²) in [6, 6.07) is 8.10. The molecule has 1 heterocycles. The second-order valence-corrected chi connectivity index (χ2v) is 5.23. The van der Waals surface area contributed by atoms with Crippen LogP contribution in [-0.4, -0.2) is 28.6 Å². The number of carbonyl (C=O) groups is 1. The van der Waals surface area contributed by atoms with Crippen LogP contribution in [0, 0.1) is 5.92 Å². The number of aromatic amines is 1. The average molecular weight is 274 g/mol. The quantitative estimate of drug-likeness (QED) is 0.756. The monoisotopic (exact) mass is 274 g/mol. The van der Waals surface area contributed by atoms with Crippen LogP contribution in [0.2, 0.25) is 0 Å². The summed E-state index contributed by atoms with van der Waals surface area (Å²) in [5, 5.41) is 13.8. The van der Waals surface area contributed by atoms with E-state index in [0.29, 0.717) is 6.54 Å². The van der Waals surface area contributed by atoms with Gasteiger partial charge in [0.1, 0.15) is 6.10 Å². The number of hydrogen-bond acceptors (Lipinski definition) is 2. The highest BCUT2D eigenvalue weighted by Gasteiger charge is 2.20. The smallest absolute Gasteiger partial charge is 0.249 e. The number of amides is 1. The molecule has 0 saturated heterocycles. The third kappa shape index (κ3) is 3.20. The van der Waals surface area contributed by atoms with E-state index in [9.17, 15) is 9.90 Å². The predicted molar refractivity (Wildman–Crippen MR) is 80.5 cm³/mol. The molecular formula is C16H22N2O2. The molecule has 1 aromatic heterocycles. The van der Waals surface area contributed by atoms with Gasteiger partial charge in [-0.25, -0.2) is 0 Å². The van der Waals surface area contributed by atoms with Crippen molar-refractivity contribution in [2.45, 2.75) is 32.8 Å². The lowest BCUT2D eigenvalue weighted by Gasteiger charge is -2.16. The summed E-state index contributed by atoms with van der Waals surface area (Å²) in [5.74, 6) is -0.290. The molecule has 2 aromatic rings. The summed E-state index contributed by atoms with van der Waals surface area (Å²) in [7, 11) is 0. The Labute approximate surface area is 119 Å².